The van der Waals surface area contributed by atoms with E-state index in [0.717, 1.165) is 32.1 Å². The van der Waals surface area contributed by atoms with Crippen LogP contribution in [-0.2, 0) is 9.59 Å². The first kappa shape index (κ1) is 43.6. The smallest absolute Gasteiger partial charge is 0.341 e. The van der Waals surface area contributed by atoms with Gasteiger partial charge in [-0.2, -0.15) is 0 Å². The summed E-state index contributed by atoms with van der Waals surface area (Å²) in [6.45, 7) is 12.3. The van der Waals surface area contributed by atoms with Gasteiger partial charge in [0.1, 0.15) is 16.8 Å². The van der Waals surface area contributed by atoms with Gasteiger partial charge in [-0.1, -0.05) is 43.5 Å². The number of alkyl halides is 1. The fourth-order valence-electron chi connectivity index (χ4n) is 12.1. The summed E-state index contributed by atoms with van der Waals surface area (Å²) in [5.74, 6) is -4.09. The minimum atomic E-state index is -2.00. The Morgan fingerprint density at radius 2 is 1.73 bits per heavy atom. The molecule has 5 fully saturated rings. The molecule has 0 radical (unpaired) electrons. The molecule has 0 amide bonds. The molecule has 5 aliphatic carbocycles. The van der Waals surface area contributed by atoms with Gasteiger partial charge in [-0.05, 0) is 110 Å². The molecule has 59 heavy (non-hydrogen) atoms. The summed E-state index contributed by atoms with van der Waals surface area (Å²) in [6.07, 6.45) is 8.83. The minimum absolute atomic E-state index is 0.0604. The summed E-state index contributed by atoms with van der Waals surface area (Å²) in [5.41, 5.74) is -0.664. The van der Waals surface area contributed by atoms with Crippen molar-refractivity contribution in [3.63, 3.8) is 0 Å². The van der Waals surface area contributed by atoms with Gasteiger partial charge in [0, 0.05) is 53.2 Å². The van der Waals surface area contributed by atoms with E-state index in [1.165, 1.54) is 32.9 Å². The highest BCUT2D eigenvalue weighted by Gasteiger charge is 2.76. The van der Waals surface area contributed by atoms with Crippen molar-refractivity contribution < 1.29 is 43.6 Å². The van der Waals surface area contributed by atoms with E-state index < -0.39 is 68.6 Å². The Morgan fingerprint density at radius 3 is 2.34 bits per heavy atom. The third-order valence-corrected chi connectivity index (χ3v) is 15.6. The fourth-order valence-corrected chi connectivity index (χ4v) is 12.4. The van der Waals surface area contributed by atoms with Gasteiger partial charge in [0.05, 0.1) is 27.7 Å². The predicted molar refractivity (Wildman–Crippen MR) is 221 cm³/mol. The van der Waals surface area contributed by atoms with Crippen LogP contribution in [0.1, 0.15) is 120 Å². The first-order valence-corrected chi connectivity index (χ1v) is 21.4. The molecule has 6 aliphatic rings. The van der Waals surface area contributed by atoms with Crippen LogP contribution in [0.15, 0.2) is 28.6 Å². The Labute approximate surface area is 348 Å². The van der Waals surface area contributed by atoms with Crippen molar-refractivity contribution in [3.8, 4) is 0 Å². The number of aromatic carboxylic acids is 1. The van der Waals surface area contributed by atoms with Gasteiger partial charge < -0.3 is 35.6 Å². The Hall–Kier alpha value is -3.49. The van der Waals surface area contributed by atoms with Crippen molar-refractivity contribution in [3.05, 3.63) is 61.7 Å². The second-order valence-corrected chi connectivity index (χ2v) is 19.7. The third kappa shape index (κ3) is 6.30. The van der Waals surface area contributed by atoms with Crippen LogP contribution in [0.3, 0.4) is 0 Å². The Morgan fingerprint density at radius 1 is 1.07 bits per heavy atom. The number of rotatable bonds is 5. The average molecular weight is 842 g/mol. The van der Waals surface area contributed by atoms with Crippen molar-refractivity contribution in [1.29, 1.82) is 0 Å². The summed E-state index contributed by atoms with van der Waals surface area (Å²) in [4.78, 5) is 51.8. The van der Waals surface area contributed by atoms with E-state index in [-0.39, 0.29) is 57.4 Å². The number of anilines is 1. The van der Waals surface area contributed by atoms with Gasteiger partial charge >= 0.3 is 5.97 Å². The highest BCUT2D eigenvalue weighted by Crippen LogP contribution is 2.71. The SMILES string of the molecule is C[C@H]1C[C@H]2[C@@H]3CCC4=CC(=O)C=C[C@]4(C)[C@@]3(F)[C@@H](O)C[C@]2(C)[C@@]1(O)C(=O)C(C)(C)O.Cc1c(F)c(N2CCCC[C@@H](N)C2)c(Cl)c2c1c(=O)c(C(=O)O)c(C)n2C1CC1. The highest BCUT2D eigenvalue weighted by atomic mass is 35.5. The number of Topliss-reactive ketones (excluding diaryl/α,β-unsaturated/α-hetero) is 1. The topological polar surface area (TPSA) is 183 Å². The van der Waals surface area contributed by atoms with Crippen molar-refractivity contribution >= 4 is 45.7 Å². The number of allylic oxidation sites excluding steroid dienone is 4. The number of hydrogen-bond donors (Lipinski definition) is 5. The number of aromatic nitrogens is 1. The van der Waals surface area contributed by atoms with Gasteiger partial charge in [0.25, 0.3) is 0 Å². The van der Waals surface area contributed by atoms with E-state index in [9.17, 15) is 39.6 Å². The number of nitrogens with zero attached hydrogens (tertiary/aromatic N) is 2. The molecule has 0 unspecified atom stereocenters. The van der Waals surface area contributed by atoms with Crippen molar-refractivity contribution in [2.45, 2.75) is 141 Å². The summed E-state index contributed by atoms with van der Waals surface area (Å²) < 4.78 is 34.4. The first-order valence-electron chi connectivity index (χ1n) is 21.0. The number of pyridine rings is 1. The molecular weight excluding hydrogens is 784 g/mol. The van der Waals surface area contributed by atoms with Crippen LogP contribution in [0.25, 0.3) is 10.9 Å². The summed E-state index contributed by atoms with van der Waals surface area (Å²) in [7, 11) is 0. The zero-order valence-electron chi connectivity index (χ0n) is 35.0. The molecule has 2 heterocycles. The number of nitrogens with two attached hydrogens (primary N) is 1. The molecule has 0 spiro atoms. The quantitative estimate of drug-likeness (QED) is 0.225. The number of aryl methyl sites for hydroxylation is 1. The number of carboxylic acids is 1. The number of halogens is 3. The van der Waals surface area contributed by atoms with E-state index in [1.54, 1.807) is 33.8 Å². The molecule has 1 aromatic carbocycles. The molecule has 322 valence electrons. The zero-order chi connectivity index (χ0) is 43.5. The second-order valence-electron chi connectivity index (χ2n) is 19.3. The summed E-state index contributed by atoms with van der Waals surface area (Å²) >= 11 is 6.78. The standard InChI is InChI=1S/C24H33FO5.C21H25ClFN3O3/c1-13-10-17-16-7-6-14-11-15(26)8-9-21(14,4)23(16,25)18(27)12-22(17,5)24(13,30)19(28)20(2,3)29;1-10-14-18(26(13-6-7-13)11(2)15(20(14)27)21(28)29)16(22)19(17(10)23)25-8-4-3-5-12(24)9-25/h8-9,11,13,16-18,27,29-30H,6-7,10,12H2,1-5H3;12-13H,3-9,24H2,1-2H3,(H,28,29)/t13-,16-,17-,18-,21-,22-,23-,24-;12-/m01/s1. The number of carbonyl (C=O) groups is 3. The molecular formula is C45H58ClF2N3O8. The molecule has 1 aliphatic heterocycles. The maximum atomic E-state index is 17.0. The lowest BCUT2D eigenvalue weighted by atomic mass is 9.44. The zero-order valence-corrected chi connectivity index (χ0v) is 35.8. The number of aliphatic hydroxyl groups excluding tert-OH is 1. The molecule has 4 saturated carbocycles. The monoisotopic (exact) mass is 841 g/mol. The maximum Gasteiger partial charge on any atom is 0.341 e. The van der Waals surface area contributed by atoms with E-state index in [2.05, 4.69) is 0 Å². The normalized spacial score (nSPS) is 35.6. The highest BCUT2D eigenvalue weighted by molar-refractivity contribution is 6.38. The average Bonchev–Trinajstić information content (AvgIpc) is 3.98. The fraction of sp³-hybridized carbons (Fsp3) is 0.644. The minimum Gasteiger partial charge on any atom is -0.477 e. The lowest BCUT2D eigenvalue weighted by Crippen LogP contribution is -2.70. The third-order valence-electron chi connectivity index (χ3n) is 15.3. The molecule has 8 rings (SSSR count). The summed E-state index contributed by atoms with van der Waals surface area (Å²) in [5, 5.41) is 43.2. The van der Waals surface area contributed by atoms with Gasteiger partial charge in [0.2, 0.25) is 5.43 Å². The molecule has 1 aromatic heterocycles. The van der Waals surface area contributed by atoms with E-state index >= 15 is 8.78 Å². The number of hydrogen-bond acceptors (Lipinski definition) is 9. The molecule has 2 aromatic rings. The van der Waals surface area contributed by atoms with Gasteiger partial charge in [-0.15, -0.1) is 0 Å². The van der Waals surface area contributed by atoms with Crippen molar-refractivity contribution in [2.75, 3.05) is 18.0 Å². The Kier molecular flexibility index (Phi) is 10.8. The lowest BCUT2D eigenvalue weighted by Gasteiger charge is -2.62. The Balaban J connectivity index is 0.000000179. The van der Waals surface area contributed by atoms with Gasteiger partial charge in [-0.25, -0.2) is 13.6 Å². The van der Waals surface area contributed by atoms with Gasteiger partial charge in [0.15, 0.2) is 23.1 Å². The molecule has 14 heteroatoms. The van der Waals surface area contributed by atoms with Crippen molar-refractivity contribution in [1.82, 2.24) is 4.57 Å². The number of carbonyl (C=O) groups excluding carboxylic acids is 2. The van der Waals surface area contributed by atoms with E-state index in [0.29, 0.717) is 49.1 Å². The molecule has 0 bridgehead atoms. The number of fused-ring (bicyclic) bond motifs is 6. The Bertz CT molecular complexity index is 2260. The largest absolute Gasteiger partial charge is 0.477 e. The van der Waals surface area contributed by atoms with Crippen LogP contribution in [0.2, 0.25) is 5.02 Å². The van der Waals surface area contributed by atoms with Crippen LogP contribution < -0.4 is 16.1 Å². The van der Waals surface area contributed by atoms with E-state index in [4.69, 9.17) is 17.3 Å². The molecule has 6 N–H and O–H groups in total. The van der Waals surface area contributed by atoms with Crippen LogP contribution in [-0.4, -0.2) is 84.6 Å². The first-order chi connectivity index (χ1) is 27.4. The van der Waals surface area contributed by atoms with Crippen LogP contribution in [0, 0.1) is 48.2 Å². The van der Waals surface area contributed by atoms with Crippen LogP contribution in [0.5, 0.6) is 0 Å². The molecule has 11 nitrogen and oxygen atoms in total. The maximum absolute atomic E-state index is 17.0. The molecule has 1 saturated heterocycles. The number of benzene rings is 1. The molecule has 9 atom stereocenters. The van der Waals surface area contributed by atoms with Crippen molar-refractivity contribution in [2.24, 2.45) is 34.3 Å². The lowest BCUT2D eigenvalue weighted by molar-refractivity contribution is -0.223. The van der Waals surface area contributed by atoms with Gasteiger partial charge in [-0.3, -0.25) is 14.4 Å². The number of carboxylic acid groups (broad SMARTS) is 1. The number of aliphatic hydroxyl groups is 3. The van der Waals surface area contributed by atoms with Crippen LogP contribution >= 0.6 is 11.6 Å². The van der Waals surface area contributed by atoms with E-state index in [1.807, 2.05) is 9.47 Å². The number of ketones is 2. The van der Waals surface area contributed by atoms with Crippen LogP contribution in [0.4, 0.5) is 14.5 Å². The second kappa shape index (κ2) is 14.6. The predicted octanol–water partition coefficient (Wildman–Crippen LogP) is 6.44. The summed E-state index contributed by atoms with van der Waals surface area (Å²) in [6, 6.07) is -0.0106.